The zero-order valence-electron chi connectivity index (χ0n) is 14.3. The molecule has 2 aliphatic rings. The van der Waals surface area contributed by atoms with Crippen molar-refractivity contribution in [2.45, 2.75) is 18.9 Å². The molecule has 0 spiro atoms. The molecule has 2 aromatic rings. The minimum atomic E-state index is -0.574. The number of amides is 2. The Morgan fingerprint density at radius 2 is 1.88 bits per heavy atom. The van der Waals surface area contributed by atoms with Gasteiger partial charge in [-0.1, -0.05) is 36.4 Å². The number of carbonyl (C=O) groups is 1. The Morgan fingerprint density at radius 3 is 2.62 bits per heavy atom. The molecule has 0 radical (unpaired) electrons. The molecule has 6 heteroatoms. The second kappa shape index (κ2) is 7.03. The van der Waals surface area contributed by atoms with E-state index in [-0.39, 0.29) is 18.0 Å². The topological polar surface area (TPSA) is 32.8 Å². The van der Waals surface area contributed by atoms with Gasteiger partial charge in [-0.05, 0) is 29.5 Å². The molecular formula is C20H20F2N2O2. The Labute approximate surface area is 150 Å². The van der Waals surface area contributed by atoms with Gasteiger partial charge < -0.3 is 4.90 Å². The third kappa shape index (κ3) is 3.29. The number of urea groups is 1. The summed E-state index contributed by atoms with van der Waals surface area (Å²) in [5, 5.41) is 1.46. The molecule has 2 fully saturated rings. The van der Waals surface area contributed by atoms with Crippen LogP contribution in [0.1, 0.15) is 23.6 Å². The van der Waals surface area contributed by atoms with Crippen LogP contribution in [-0.4, -0.2) is 35.7 Å². The highest BCUT2D eigenvalue weighted by molar-refractivity contribution is 5.75. The Hall–Kier alpha value is -2.47. The zero-order chi connectivity index (χ0) is 18.1. The predicted octanol–water partition coefficient (Wildman–Crippen LogP) is 3.94. The highest BCUT2D eigenvalue weighted by atomic mass is 19.1. The van der Waals surface area contributed by atoms with Crippen LogP contribution >= 0.6 is 0 Å². The van der Waals surface area contributed by atoms with Gasteiger partial charge in [0.05, 0.1) is 12.6 Å². The zero-order valence-corrected chi connectivity index (χ0v) is 14.3. The number of hydrogen-bond donors (Lipinski definition) is 0. The molecule has 0 N–H and O–H groups in total. The van der Waals surface area contributed by atoms with E-state index in [0.717, 1.165) is 18.1 Å². The first kappa shape index (κ1) is 17.0. The van der Waals surface area contributed by atoms with Crippen molar-refractivity contribution in [2.75, 3.05) is 19.7 Å². The third-order valence-electron chi connectivity index (χ3n) is 5.03. The van der Waals surface area contributed by atoms with E-state index in [1.165, 1.54) is 17.2 Å². The van der Waals surface area contributed by atoms with Crippen molar-refractivity contribution in [3.8, 4) is 0 Å². The molecule has 0 saturated carbocycles. The standard InChI is InChI=1S/C20H20F2N2O2/c21-17-7-6-16(18(22)11-17)10-14-12-23(13-14)20(25)24-19(8-9-26-24)15-4-2-1-3-5-15/h1-7,11,14,19H,8-10,12-13H2. The van der Waals surface area contributed by atoms with Gasteiger partial charge in [-0.25, -0.2) is 13.6 Å². The second-order valence-electron chi connectivity index (χ2n) is 6.87. The Balaban J connectivity index is 1.35. The minimum Gasteiger partial charge on any atom is -0.322 e. The number of hydroxylamine groups is 2. The van der Waals surface area contributed by atoms with E-state index in [4.69, 9.17) is 4.84 Å². The molecule has 4 nitrogen and oxygen atoms in total. The summed E-state index contributed by atoms with van der Waals surface area (Å²) in [6.45, 7) is 1.62. The Kier molecular flexibility index (Phi) is 4.59. The molecule has 2 heterocycles. The summed E-state index contributed by atoms with van der Waals surface area (Å²) in [5.41, 5.74) is 1.55. The van der Waals surface area contributed by atoms with Crippen LogP contribution in [0.5, 0.6) is 0 Å². The summed E-state index contributed by atoms with van der Waals surface area (Å²) < 4.78 is 26.7. The number of rotatable bonds is 3. The fourth-order valence-electron chi connectivity index (χ4n) is 3.63. The quantitative estimate of drug-likeness (QED) is 0.833. The van der Waals surface area contributed by atoms with E-state index in [2.05, 4.69) is 0 Å². The number of nitrogens with zero attached hydrogens (tertiary/aromatic N) is 2. The number of likely N-dealkylation sites (tertiary alicyclic amines) is 1. The van der Waals surface area contributed by atoms with E-state index >= 15 is 0 Å². The molecule has 2 saturated heterocycles. The summed E-state index contributed by atoms with van der Waals surface area (Å²) in [7, 11) is 0. The predicted molar refractivity (Wildman–Crippen MR) is 92.1 cm³/mol. The van der Waals surface area contributed by atoms with Gasteiger partial charge in [-0.15, -0.1) is 0 Å². The maximum absolute atomic E-state index is 13.8. The summed E-state index contributed by atoms with van der Waals surface area (Å²) in [5.74, 6) is -0.923. The Morgan fingerprint density at radius 1 is 1.12 bits per heavy atom. The van der Waals surface area contributed by atoms with Crippen LogP contribution in [0.3, 0.4) is 0 Å². The van der Waals surface area contributed by atoms with Crippen molar-refractivity contribution < 1.29 is 18.4 Å². The summed E-state index contributed by atoms with van der Waals surface area (Å²) in [6, 6.07) is 13.3. The molecule has 0 aliphatic carbocycles. The van der Waals surface area contributed by atoms with Gasteiger partial charge in [0.1, 0.15) is 11.6 Å². The lowest BCUT2D eigenvalue weighted by molar-refractivity contribution is -0.105. The van der Waals surface area contributed by atoms with Crippen LogP contribution in [-0.2, 0) is 11.3 Å². The van der Waals surface area contributed by atoms with Crippen molar-refractivity contribution in [1.29, 1.82) is 0 Å². The second-order valence-corrected chi connectivity index (χ2v) is 6.87. The highest BCUT2D eigenvalue weighted by Crippen LogP contribution is 2.33. The van der Waals surface area contributed by atoms with Crippen molar-refractivity contribution in [2.24, 2.45) is 5.92 Å². The summed E-state index contributed by atoms with van der Waals surface area (Å²) in [4.78, 5) is 20.0. The SMILES string of the molecule is O=C(N1CC(Cc2ccc(F)cc2F)C1)N1OCCC1c1ccccc1. The fourth-order valence-corrected chi connectivity index (χ4v) is 3.63. The minimum absolute atomic E-state index is 0.0720. The number of carbonyl (C=O) groups excluding carboxylic acids is 1. The van der Waals surface area contributed by atoms with Gasteiger partial charge in [0, 0.05) is 25.6 Å². The molecule has 136 valence electrons. The monoisotopic (exact) mass is 358 g/mol. The van der Waals surface area contributed by atoms with Crippen molar-refractivity contribution in [1.82, 2.24) is 9.96 Å². The average Bonchev–Trinajstić information content (AvgIpc) is 3.09. The van der Waals surface area contributed by atoms with E-state index < -0.39 is 11.6 Å². The van der Waals surface area contributed by atoms with Gasteiger partial charge in [0.2, 0.25) is 0 Å². The maximum Gasteiger partial charge on any atom is 0.344 e. The van der Waals surface area contributed by atoms with Crippen LogP contribution in [0.2, 0.25) is 0 Å². The lowest BCUT2D eigenvalue weighted by Gasteiger charge is -2.41. The van der Waals surface area contributed by atoms with Gasteiger partial charge >= 0.3 is 6.03 Å². The van der Waals surface area contributed by atoms with Gasteiger partial charge in [-0.2, -0.15) is 5.06 Å². The first-order chi connectivity index (χ1) is 12.6. The van der Waals surface area contributed by atoms with Crippen LogP contribution in [0.15, 0.2) is 48.5 Å². The molecule has 2 aromatic carbocycles. The molecule has 1 unspecified atom stereocenters. The smallest absolute Gasteiger partial charge is 0.322 e. The van der Waals surface area contributed by atoms with Crippen LogP contribution in [0, 0.1) is 17.6 Å². The van der Waals surface area contributed by atoms with Gasteiger partial charge in [0.15, 0.2) is 0 Å². The van der Waals surface area contributed by atoms with Crippen molar-refractivity contribution in [3.63, 3.8) is 0 Å². The van der Waals surface area contributed by atoms with Crippen molar-refractivity contribution in [3.05, 3.63) is 71.3 Å². The van der Waals surface area contributed by atoms with E-state index in [1.54, 1.807) is 4.90 Å². The molecule has 0 aromatic heterocycles. The molecule has 26 heavy (non-hydrogen) atoms. The van der Waals surface area contributed by atoms with Gasteiger partial charge in [-0.3, -0.25) is 4.84 Å². The molecule has 2 amide bonds. The third-order valence-corrected chi connectivity index (χ3v) is 5.03. The van der Waals surface area contributed by atoms with E-state index in [1.807, 2.05) is 30.3 Å². The van der Waals surface area contributed by atoms with E-state index in [0.29, 0.717) is 31.7 Å². The number of benzene rings is 2. The molecule has 2 aliphatic heterocycles. The van der Waals surface area contributed by atoms with Crippen molar-refractivity contribution >= 4 is 6.03 Å². The first-order valence-corrected chi connectivity index (χ1v) is 8.82. The highest BCUT2D eigenvalue weighted by Gasteiger charge is 2.39. The van der Waals surface area contributed by atoms with Crippen LogP contribution in [0.25, 0.3) is 0 Å². The molecular weight excluding hydrogens is 338 g/mol. The summed E-state index contributed by atoms with van der Waals surface area (Å²) in [6.07, 6.45) is 1.27. The van der Waals surface area contributed by atoms with Crippen LogP contribution < -0.4 is 0 Å². The average molecular weight is 358 g/mol. The summed E-state index contributed by atoms with van der Waals surface area (Å²) >= 11 is 0. The van der Waals surface area contributed by atoms with Gasteiger partial charge in [0.25, 0.3) is 0 Å². The lowest BCUT2D eigenvalue weighted by atomic mass is 9.92. The van der Waals surface area contributed by atoms with Crippen LogP contribution in [0.4, 0.5) is 13.6 Å². The Bertz CT molecular complexity index is 794. The molecule has 0 bridgehead atoms. The largest absolute Gasteiger partial charge is 0.344 e. The molecule has 4 rings (SSSR count). The fraction of sp³-hybridized carbons (Fsp3) is 0.350. The van der Waals surface area contributed by atoms with E-state index in [9.17, 15) is 13.6 Å². The normalized spacial score (nSPS) is 20.3. The number of halogens is 2. The number of hydrogen-bond acceptors (Lipinski definition) is 2. The first-order valence-electron chi connectivity index (χ1n) is 8.82. The maximum atomic E-state index is 13.8. The molecule has 1 atom stereocenters. The lowest BCUT2D eigenvalue weighted by Crippen LogP contribution is -2.55.